The van der Waals surface area contributed by atoms with Crippen LogP contribution in [-0.4, -0.2) is 80.4 Å². The van der Waals surface area contributed by atoms with E-state index in [1.165, 1.54) is 0 Å². The second-order valence-corrected chi connectivity index (χ2v) is 6.60. The van der Waals surface area contributed by atoms with Crippen LogP contribution in [0.5, 0.6) is 0 Å². The van der Waals surface area contributed by atoms with E-state index in [4.69, 9.17) is 9.15 Å². The van der Waals surface area contributed by atoms with E-state index >= 15 is 0 Å². The fourth-order valence-corrected chi connectivity index (χ4v) is 3.49. The summed E-state index contributed by atoms with van der Waals surface area (Å²) in [5.74, 6) is 0. The average molecular weight is 330 g/mol. The maximum absolute atomic E-state index is 5.93. The molecule has 0 aliphatic carbocycles. The molecule has 6 heteroatoms. The molecule has 0 bridgehead atoms. The van der Waals surface area contributed by atoms with Crippen LogP contribution < -0.4 is 4.90 Å². The lowest BCUT2D eigenvalue weighted by Gasteiger charge is -2.29. The van der Waals surface area contributed by atoms with Gasteiger partial charge in [0.2, 0.25) is 0 Å². The lowest BCUT2D eigenvalue weighted by molar-refractivity contribution is 0.0337. The molecule has 1 aromatic carbocycles. The third kappa shape index (κ3) is 3.71. The standard InChI is InChI=1S/C18H26N4O2/c1-2-5-17-16(4-1)19-18(24-17)22-7-3-6-20(10-11-22)8-9-21-12-14-23-15-13-21/h1-2,4-5H,3,6-15H2. The van der Waals surface area contributed by atoms with Gasteiger partial charge in [0.15, 0.2) is 5.58 Å². The summed E-state index contributed by atoms with van der Waals surface area (Å²) in [4.78, 5) is 12.0. The molecule has 3 heterocycles. The number of ether oxygens (including phenoxy) is 1. The number of anilines is 1. The zero-order valence-electron chi connectivity index (χ0n) is 14.2. The minimum absolute atomic E-state index is 0.770. The van der Waals surface area contributed by atoms with Crippen molar-refractivity contribution in [3.63, 3.8) is 0 Å². The summed E-state index contributed by atoms with van der Waals surface area (Å²) in [5.41, 5.74) is 1.82. The van der Waals surface area contributed by atoms with Crippen LogP contribution in [-0.2, 0) is 4.74 Å². The van der Waals surface area contributed by atoms with Crippen molar-refractivity contribution in [2.24, 2.45) is 0 Å². The van der Waals surface area contributed by atoms with Crippen LogP contribution in [0, 0.1) is 0 Å². The highest BCUT2D eigenvalue weighted by Gasteiger charge is 2.20. The van der Waals surface area contributed by atoms with Crippen LogP contribution in [0.15, 0.2) is 28.7 Å². The normalized spacial score (nSPS) is 21.2. The number of nitrogens with zero attached hydrogens (tertiary/aromatic N) is 4. The van der Waals surface area contributed by atoms with Gasteiger partial charge in [-0.15, -0.1) is 0 Å². The zero-order valence-corrected chi connectivity index (χ0v) is 14.2. The Morgan fingerprint density at radius 2 is 1.67 bits per heavy atom. The molecule has 2 aliphatic heterocycles. The van der Waals surface area contributed by atoms with Crippen LogP contribution in [0.1, 0.15) is 6.42 Å². The molecule has 0 atom stereocenters. The van der Waals surface area contributed by atoms with Crippen molar-refractivity contribution in [1.29, 1.82) is 0 Å². The summed E-state index contributed by atoms with van der Waals surface area (Å²) in [6.07, 6.45) is 1.15. The Labute approximate surface area is 143 Å². The van der Waals surface area contributed by atoms with E-state index in [-0.39, 0.29) is 0 Å². The van der Waals surface area contributed by atoms with E-state index in [1.807, 2.05) is 24.3 Å². The summed E-state index contributed by atoms with van der Waals surface area (Å²) in [5, 5.41) is 0. The largest absolute Gasteiger partial charge is 0.423 e. The molecule has 0 amide bonds. The molecule has 2 aliphatic rings. The molecular formula is C18H26N4O2. The highest BCUT2D eigenvalue weighted by molar-refractivity contribution is 5.74. The topological polar surface area (TPSA) is 45.0 Å². The Balaban J connectivity index is 1.32. The molecule has 2 aromatic rings. The number of fused-ring (bicyclic) bond motifs is 1. The summed E-state index contributed by atoms with van der Waals surface area (Å²) in [7, 11) is 0. The fourth-order valence-electron chi connectivity index (χ4n) is 3.49. The molecule has 2 fully saturated rings. The first-order chi connectivity index (χ1) is 11.9. The van der Waals surface area contributed by atoms with Crippen molar-refractivity contribution in [2.75, 3.05) is 70.5 Å². The Hall–Kier alpha value is -1.63. The van der Waals surface area contributed by atoms with E-state index in [0.29, 0.717) is 0 Å². The van der Waals surface area contributed by atoms with E-state index in [0.717, 1.165) is 89.1 Å². The molecule has 2 saturated heterocycles. The molecule has 6 nitrogen and oxygen atoms in total. The van der Waals surface area contributed by atoms with Crippen molar-refractivity contribution >= 4 is 17.1 Å². The quantitative estimate of drug-likeness (QED) is 0.850. The Morgan fingerprint density at radius 1 is 0.875 bits per heavy atom. The molecule has 0 unspecified atom stereocenters. The van der Waals surface area contributed by atoms with Crippen molar-refractivity contribution < 1.29 is 9.15 Å². The third-order valence-electron chi connectivity index (χ3n) is 4.98. The lowest BCUT2D eigenvalue weighted by Crippen LogP contribution is -2.42. The first-order valence-electron chi connectivity index (χ1n) is 9.01. The van der Waals surface area contributed by atoms with Gasteiger partial charge in [0.05, 0.1) is 13.2 Å². The molecule has 4 rings (SSSR count). The van der Waals surface area contributed by atoms with Crippen LogP contribution in [0.4, 0.5) is 6.01 Å². The molecule has 0 saturated carbocycles. The summed E-state index contributed by atoms with van der Waals surface area (Å²) in [6, 6.07) is 8.76. The lowest BCUT2D eigenvalue weighted by atomic mass is 10.3. The number of morpholine rings is 1. The van der Waals surface area contributed by atoms with Gasteiger partial charge in [0.1, 0.15) is 5.52 Å². The minimum atomic E-state index is 0.770. The Bertz CT molecular complexity index is 620. The molecular weight excluding hydrogens is 304 g/mol. The maximum atomic E-state index is 5.93. The van der Waals surface area contributed by atoms with Gasteiger partial charge in [-0.1, -0.05) is 12.1 Å². The van der Waals surface area contributed by atoms with Crippen molar-refractivity contribution in [3.8, 4) is 0 Å². The summed E-state index contributed by atoms with van der Waals surface area (Å²) >= 11 is 0. The number of benzene rings is 1. The van der Waals surface area contributed by atoms with Gasteiger partial charge < -0.3 is 19.0 Å². The summed E-state index contributed by atoms with van der Waals surface area (Å²) in [6.45, 7) is 10.4. The second-order valence-electron chi connectivity index (χ2n) is 6.60. The number of para-hydroxylation sites is 2. The van der Waals surface area contributed by atoms with Gasteiger partial charge in [-0.3, -0.25) is 4.90 Å². The smallest absolute Gasteiger partial charge is 0.298 e. The van der Waals surface area contributed by atoms with Gasteiger partial charge >= 0.3 is 0 Å². The van der Waals surface area contributed by atoms with Crippen LogP contribution in [0.3, 0.4) is 0 Å². The molecule has 130 valence electrons. The molecule has 24 heavy (non-hydrogen) atoms. The van der Waals surface area contributed by atoms with Crippen LogP contribution in [0.2, 0.25) is 0 Å². The van der Waals surface area contributed by atoms with Crippen molar-refractivity contribution in [3.05, 3.63) is 24.3 Å². The first-order valence-corrected chi connectivity index (χ1v) is 9.01. The number of rotatable bonds is 4. The highest BCUT2D eigenvalue weighted by atomic mass is 16.5. The Kier molecular flexibility index (Phi) is 4.96. The van der Waals surface area contributed by atoms with E-state index in [9.17, 15) is 0 Å². The predicted molar refractivity (Wildman–Crippen MR) is 94.5 cm³/mol. The van der Waals surface area contributed by atoms with Gasteiger partial charge in [-0.25, -0.2) is 0 Å². The van der Waals surface area contributed by atoms with Crippen molar-refractivity contribution in [1.82, 2.24) is 14.8 Å². The van der Waals surface area contributed by atoms with E-state index in [1.54, 1.807) is 0 Å². The first kappa shape index (κ1) is 15.9. The van der Waals surface area contributed by atoms with Gasteiger partial charge in [-0.2, -0.15) is 4.98 Å². The predicted octanol–water partition coefficient (Wildman–Crippen LogP) is 1.67. The molecule has 1 aromatic heterocycles. The molecule has 0 spiro atoms. The number of hydrogen-bond acceptors (Lipinski definition) is 6. The second kappa shape index (κ2) is 7.51. The molecule has 0 N–H and O–H groups in total. The van der Waals surface area contributed by atoms with E-state index < -0.39 is 0 Å². The van der Waals surface area contributed by atoms with Crippen LogP contribution in [0.25, 0.3) is 11.1 Å². The SMILES string of the molecule is c1ccc2oc(N3CCCN(CCN4CCOCC4)CC3)nc2c1. The van der Waals surface area contributed by atoms with Gasteiger partial charge in [-0.05, 0) is 25.1 Å². The molecule has 0 radical (unpaired) electrons. The third-order valence-corrected chi connectivity index (χ3v) is 4.98. The van der Waals surface area contributed by atoms with Gasteiger partial charge in [0, 0.05) is 45.8 Å². The zero-order chi connectivity index (χ0) is 16.2. The van der Waals surface area contributed by atoms with Crippen LogP contribution >= 0.6 is 0 Å². The highest BCUT2D eigenvalue weighted by Crippen LogP contribution is 2.22. The minimum Gasteiger partial charge on any atom is -0.423 e. The number of oxazole rings is 1. The maximum Gasteiger partial charge on any atom is 0.298 e. The average Bonchev–Trinajstić information content (AvgIpc) is 2.92. The number of aromatic nitrogens is 1. The number of hydrogen-bond donors (Lipinski definition) is 0. The Morgan fingerprint density at radius 3 is 2.50 bits per heavy atom. The van der Waals surface area contributed by atoms with Gasteiger partial charge in [0.25, 0.3) is 6.01 Å². The summed E-state index contributed by atoms with van der Waals surface area (Å²) < 4.78 is 11.3. The monoisotopic (exact) mass is 330 g/mol. The fraction of sp³-hybridized carbons (Fsp3) is 0.611. The van der Waals surface area contributed by atoms with E-state index in [2.05, 4.69) is 19.7 Å². The van der Waals surface area contributed by atoms with Crippen molar-refractivity contribution in [2.45, 2.75) is 6.42 Å².